The van der Waals surface area contributed by atoms with Gasteiger partial charge in [-0.15, -0.1) is 0 Å². The van der Waals surface area contributed by atoms with Crippen LogP contribution in [-0.2, 0) is 4.74 Å². The lowest BCUT2D eigenvalue weighted by molar-refractivity contribution is -0.940. The zero-order chi connectivity index (χ0) is 19.4. The van der Waals surface area contributed by atoms with Crippen molar-refractivity contribution in [2.45, 2.75) is 48.2 Å². The number of rotatable bonds is 5. The molecule has 2 fully saturated rings. The van der Waals surface area contributed by atoms with Gasteiger partial charge in [0, 0.05) is 16.0 Å². The molecule has 0 saturated carbocycles. The highest BCUT2D eigenvalue weighted by atomic mass is 79.9. The molecule has 4 nitrogen and oxygen atoms in total. The second kappa shape index (κ2) is 9.64. The molecule has 1 aromatic rings. The molecule has 2 aliphatic heterocycles. The van der Waals surface area contributed by atoms with E-state index in [1.807, 2.05) is 0 Å². The van der Waals surface area contributed by atoms with Crippen molar-refractivity contribution in [2.24, 2.45) is 5.92 Å². The number of carbonyl (C=O) groups is 1. The van der Waals surface area contributed by atoms with Crippen LogP contribution in [0.15, 0.2) is 28.7 Å². The second-order valence-corrected chi connectivity index (χ2v) is 10.7. The fourth-order valence-corrected chi connectivity index (χ4v) is 4.84. The molecule has 4 atom stereocenters. The van der Waals surface area contributed by atoms with Crippen molar-refractivity contribution >= 4 is 56.6 Å². The van der Waals surface area contributed by atoms with Crippen molar-refractivity contribution in [3.05, 3.63) is 34.3 Å². The fraction of sp³-hybridized carbons (Fsp3) is 0.632. The van der Waals surface area contributed by atoms with Gasteiger partial charge in [0.05, 0.1) is 25.7 Å². The van der Waals surface area contributed by atoms with Crippen LogP contribution in [0.25, 0.3) is 0 Å². The Morgan fingerprint density at radius 2 is 1.89 bits per heavy atom. The lowest BCUT2D eigenvalue weighted by atomic mass is 9.84. The Kier molecular flexibility index (Phi) is 7.73. The van der Waals surface area contributed by atoms with Crippen LogP contribution < -0.4 is 10.2 Å². The molecule has 2 aliphatic rings. The predicted octanol–water partition coefficient (Wildman–Crippen LogP) is 3.74. The van der Waals surface area contributed by atoms with Crippen molar-refractivity contribution in [3.63, 3.8) is 0 Å². The van der Waals surface area contributed by atoms with Crippen LogP contribution in [-0.4, -0.2) is 41.7 Å². The number of fused-ring (bicyclic) bond motifs is 1. The molecule has 1 unspecified atom stereocenters. The predicted molar refractivity (Wildman–Crippen MR) is 113 cm³/mol. The van der Waals surface area contributed by atoms with Gasteiger partial charge < -0.3 is 15.0 Å². The van der Waals surface area contributed by atoms with Gasteiger partial charge in [-0.25, -0.2) is 0 Å². The third-order valence-electron chi connectivity index (χ3n) is 5.57. The zero-order valence-electron chi connectivity index (χ0n) is 15.0. The Balaban J connectivity index is 1.61. The normalized spacial score (nSPS) is 26.9. The third kappa shape index (κ3) is 5.97. The summed E-state index contributed by atoms with van der Waals surface area (Å²) in [5.74, 6) is 0.112. The van der Waals surface area contributed by atoms with E-state index in [0.29, 0.717) is 24.1 Å². The molecule has 3 rings (SSSR count). The number of quaternary nitrogens is 1. The summed E-state index contributed by atoms with van der Waals surface area (Å²) in [4.78, 5) is 14.2. The van der Waals surface area contributed by atoms with Crippen LogP contribution >= 0.6 is 50.7 Å². The Hall–Kier alpha value is -0.0400. The van der Waals surface area contributed by atoms with E-state index < -0.39 is 10.0 Å². The quantitative estimate of drug-likeness (QED) is 0.479. The lowest BCUT2D eigenvalue weighted by Gasteiger charge is -2.41. The van der Waals surface area contributed by atoms with Gasteiger partial charge in [-0.2, -0.15) is 0 Å². The number of amides is 1. The van der Waals surface area contributed by atoms with Gasteiger partial charge in [-0.1, -0.05) is 50.7 Å². The standard InChI is InChI=1S/C19H24BrCl3N2O2/c20-15-8-6-13(7-9-15)17(26)24-18(19(21,22)23)27-12-14-4-3-11-25-10-2-1-5-16(14)25/h6-9,14,16,18H,1-5,10-12H2,(H,24,26)/p+1/t14-,16-,18+/m1/s1. The molecule has 150 valence electrons. The summed E-state index contributed by atoms with van der Waals surface area (Å²) >= 11 is 21.6. The molecule has 0 spiro atoms. The van der Waals surface area contributed by atoms with E-state index >= 15 is 0 Å². The third-order valence-corrected chi connectivity index (χ3v) is 6.70. The molecule has 0 radical (unpaired) electrons. The molecule has 0 aliphatic carbocycles. The van der Waals surface area contributed by atoms with Gasteiger partial charge in [0.1, 0.15) is 0 Å². The minimum absolute atomic E-state index is 0.326. The maximum Gasteiger partial charge on any atom is 0.253 e. The summed E-state index contributed by atoms with van der Waals surface area (Å²) in [5.41, 5.74) is 0.488. The number of hydrogen-bond acceptors (Lipinski definition) is 2. The van der Waals surface area contributed by atoms with Gasteiger partial charge in [0.15, 0.2) is 6.23 Å². The zero-order valence-corrected chi connectivity index (χ0v) is 18.9. The van der Waals surface area contributed by atoms with Gasteiger partial charge in [0.25, 0.3) is 5.91 Å². The number of halogens is 4. The first-order valence-electron chi connectivity index (χ1n) is 9.44. The smallest absolute Gasteiger partial charge is 0.253 e. The molecule has 2 heterocycles. The molecule has 2 saturated heterocycles. The molecule has 1 amide bonds. The van der Waals surface area contributed by atoms with E-state index in [2.05, 4.69) is 21.2 Å². The molecule has 2 N–H and O–H groups in total. The maximum absolute atomic E-state index is 12.5. The summed E-state index contributed by atoms with van der Waals surface area (Å²) in [6.07, 6.45) is 5.14. The van der Waals surface area contributed by atoms with Gasteiger partial charge in [-0.05, 0) is 56.4 Å². The number of hydrogen-bond donors (Lipinski definition) is 2. The first-order valence-corrected chi connectivity index (χ1v) is 11.4. The minimum atomic E-state index is -1.74. The van der Waals surface area contributed by atoms with Gasteiger partial charge in [0.2, 0.25) is 3.79 Å². The lowest BCUT2D eigenvalue weighted by Crippen LogP contribution is -3.18. The molecule has 1 aromatic carbocycles. The number of carbonyl (C=O) groups excluding carboxylic acids is 1. The number of ether oxygens (including phenoxy) is 1. The molecular formula is C19H25BrCl3N2O2+. The summed E-state index contributed by atoms with van der Waals surface area (Å²) in [6.45, 7) is 2.98. The highest BCUT2D eigenvalue weighted by Crippen LogP contribution is 2.32. The van der Waals surface area contributed by atoms with Crippen LogP contribution in [0.5, 0.6) is 0 Å². The van der Waals surface area contributed by atoms with Crippen molar-refractivity contribution in [2.75, 3.05) is 19.7 Å². The first-order chi connectivity index (χ1) is 12.8. The monoisotopic (exact) mass is 497 g/mol. The average molecular weight is 500 g/mol. The topological polar surface area (TPSA) is 42.8 Å². The fourth-order valence-electron chi connectivity index (χ4n) is 4.22. The van der Waals surface area contributed by atoms with Crippen LogP contribution in [0.3, 0.4) is 0 Å². The highest BCUT2D eigenvalue weighted by molar-refractivity contribution is 9.10. The SMILES string of the molecule is O=C(N[C@@H](OC[C@H]1CCC[NH+]2CCCC[C@H]12)C(Cl)(Cl)Cl)c1ccc(Br)cc1. The molecule has 8 heteroatoms. The van der Waals surface area contributed by atoms with Gasteiger partial charge >= 0.3 is 0 Å². The highest BCUT2D eigenvalue weighted by Gasteiger charge is 2.40. The van der Waals surface area contributed by atoms with E-state index in [1.54, 1.807) is 29.2 Å². The van der Waals surface area contributed by atoms with Crippen molar-refractivity contribution in [3.8, 4) is 0 Å². The average Bonchev–Trinajstić information content (AvgIpc) is 2.64. The van der Waals surface area contributed by atoms with E-state index in [1.165, 1.54) is 38.8 Å². The van der Waals surface area contributed by atoms with Crippen molar-refractivity contribution in [1.29, 1.82) is 0 Å². The number of piperidine rings is 2. The summed E-state index contributed by atoms with van der Waals surface area (Å²) in [6, 6.07) is 7.62. The number of benzene rings is 1. The molecule has 0 aromatic heterocycles. The summed E-state index contributed by atoms with van der Waals surface area (Å²) in [7, 11) is 0. The molecule has 27 heavy (non-hydrogen) atoms. The van der Waals surface area contributed by atoms with E-state index in [9.17, 15) is 4.79 Å². The van der Waals surface area contributed by atoms with Gasteiger partial charge in [-0.3, -0.25) is 4.79 Å². The number of nitrogens with one attached hydrogen (secondary N) is 2. The first kappa shape index (κ1) is 21.7. The summed E-state index contributed by atoms with van der Waals surface area (Å²) < 4.78 is 5.12. The van der Waals surface area contributed by atoms with Crippen molar-refractivity contribution < 1.29 is 14.4 Å². The van der Waals surface area contributed by atoms with Crippen LogP contribution in [0.2, 0.25) is 0 Å². The second-order valence-electron chi connectivity index (χ2n) is 7.40. The van der Waals surface area contributed by atoms with E-state index in [-0.39, 0.29) is 5.91 Å². The minimum Gasteiger partial charge on any atom is -0.353 e. The van der Waals surface area contributed by atoms with Crippen molar-refractivity contribution in [1.82, 2.24) is 5.32 Å². The molecule has 0 bridgehead atoms. The maximum atomic E-state index is 12.5. The largest absolute Gasteiger partial charge is 0.353 e. The summed E-state index contributed by atoms with van der Waals surface area (Å²) in [5, 5.41) is 2.73. The van der Waals surface area contributed by atoms with Crippen LogP contribution in [0.1, 0.15) is 42.5 Å². The van der Waals surface area contributed by atoms with E-state index in [4.69, 9.17) is 39.5 Å². The van der Waals surface area contributed by atoms with Crippen LogP contribution in [0.4, 0.5) is 0 Å². The Labute approximate surface area is 184 Å². The van der Waals surface area contributed by atoms with Crippen LogP contribution in [0, 0.1) is 5.92 Å². The Morgan fingerprint density at radius 3 is 2.59 bits per heavy atom. The van der Waals surface area contributed by atoms with E-state index in [0.717, 1.165) is 10.9 Å². The Bertz CT molecular complexity index is 637. The Morgan fingerprint density at radius 1 is 1.19 bits per heavy atom. The number of alkyl halides is 3. The molecular weight excluding hydrogens is 474 g/mol.